The lowest BCUT2D eigenvalue weighted by Crippen LogP contribution is -2.15. The van der Waals surface area contributed by atoms with Gasteiger partial charge < -0.3 is 0 Å². The second kappa shape index (κ2) is 8.26. The average molecular weight is 230 g/mol. The first-order valence-corrected chi connectivity index (χ1v) is 5.56. The molecule has 0 radical (unpaired) electrons. The Hall–Kier alpha value is -0.0700. The zero-order chi connectivity index (χ0) is 11.0. The lowest BCUT2D eigenvalue weighted by Gasteiger charge is -2.07. The van der Waals surface area contributed by atoms with Gasteiger partial charge in [0.05, 0.1) is 13.2 Å². The summed E-state index contributed by atoms with van der Waals surface area (Å²) in [7, 11) is 0. The minimum Gasteiger partial charge on any atom is -0.265 e. The van der Waals surface area contributed by atoms with Crippen LogP contribution in [-0.2, 0) is 19.7 Å². The van der Waals surface area contributed by atoms with Crippen molar-refractivity contribution < 1.29 is 21.4 Å². The molecule has 0 saturated carbocycles. The van der Waals surface area contributed by atoms with Crippen molar-refractivity contribution in [3.63, 3.8) is 0 Å². The molecular formula is C8H16F2O3S. The highest BCUT2D eigenvalue weighted by Crippen LogP contribution is 2.02. The molecule has 0 fully saturated rings. The lowest BCUT2D eigenvalue weighted by molar-refractivity contribution is 0.153. The molecule has 14 heavy (non-hydrogen) atoms. The van der Waals surface area contributed by atoms with Crippen molar-refractivity contribution in [1.29, 1.82) is 0 Å². The molecule has 0 heterocycles. The predicted octanol–water partition coefficient (Wildman–Crippen LogP) is 2.09. The summed E-state index contributed by atoms with van der Waals surface area (Å²) < 4.78 is 44.9. The molecule has 0 bridgehead atoms. The highest BCUT2D eigenvalue weighted by molar-refractivity contribution is 7.75. The molecule has 86 valence electrons. The van der Waals surface area contributed by atoms with E-state index in [1.165, 1.54) is 0 Å². The maximum Gasteiger partial charge on any atom is 0.304 e. The summed E-state index contributed by atoms with van der Waals surface area (Å²) >= 11 is -2.04. The molecule has 0 rings (SSSR count). The topological polar surface area (TPSA) is 35.5 Å². The molecular weight excluding hydrogens is 214 g/mol. The van der Waals surface area contributed by atoms with Crippen molar-refractivity contribution in [1.82, 2.24) is 0 Å². The summed E-state index contributed by atoms with van der Waals surface area (Å²) in [5.74, 6) is 0. The molecule has 2 unspecified atom stereocenters. The van der Waals surface area contributed by atoms with Gasteiger partial charge in [-0.05, 0) is 12.8 Å². The van der Waals surface area contributed by atoms with Crippen LogP contribution >= 0.6 is 0 Å². The molecule has 0 aliphatic rings. The molecule has 6 heteroatoms. The van der Waals surface area contributed by atoms with Crippen LogP contribution in [0.3, 0.4) is 0 Å². The fraction of sp³-hybridized carbons (Fsp3) is 1.00. The summed E-state index contributed by atoms with van der Waals surface area (Å²) in [4.78, 5) is 0. The minimum absolute atomic E-state index is 0.286. The molecule has 0 saturated heterocycles. The Balaban J connectivity index is 3.46. The van der Waals surface area contributed by atoms with E-state index in [2.05, 4.69) is 8.37 Å². The van der Waals surface area contributed by atoms with Crippen molar-refractivity contribution in [3.05, 3.63) is 0 Å². The number of rotatable bonds is 8. The Labute approximate surface area is 85.6 Å². The van der Waals surface area contributed by atoms with Crippen LogP contribution in [0.4, 0.5) is 8.78 Å². The summed E-state index contributed by atoms with van der Waals surface area (Å²) in [5, 5.41) is 0. The standard InChI is InChI=1S/C8H16F2O3S/c1-3-7(9)5-12-14(11)13-6-8(10)4-2/h7-8H,3-6H2,1-2H3. The van der Waals surface area contributed by atoms with Crippen molar-refractivity contribution in [2.75, 3.05) is 13.2 Å². The second-order valence-corrected chi connectivity index (χ2v) is 3.66. The molecule has 0 aliphatic carbocycles. The minimum atomic E-state index is -2.04. The Kier molecular flexibility index (Phi) is 8.21. The van der Waals surface area contributed by atoms with Gasteiger partial charge in [-0.2, -0.15) is 4.21 Å². The van der Waals surface area contributed by atoms with Crippen LogP contribution in [0.15, 0.2) is 0 Å². The van der Waals surface area contributed by atoms with Crippen LogP contribution in [0.1, 0.15) is 26.7 Å². The van der Waals surface area contributed by atoms with Gasteiger partial charge in [0.2, 0.25) is 0 Å². The first-order valence-electron chi connectivity index (χ1n) is 4.56. The fourth-order valence-corrected chi connectivity index (χ4v) is 1.11. The van der Waals surface area contributed by atoms with Crippen LogP contribution in [0.2, 0.25) is 0 Å². The van der Waals surface area contributed by atoms with E-state index in [4.69, 9.17) is 0 Å². The third-order valence-corrected chi connectivity index (χ3v) is 2.23. The lowest BCUT2D eigenvalue weighted by atomic mass is 10.3. The van der Waals surface area contributed by atoms with E-state index >= 15 is 0 Å². The average Bonchev–Trinajstić information content (AvgIpc) is 2.22. The zero-order valence-electron chi connectivity index (χ0n) is 8.37. The predicted molar refractivity (Wildman–Crippen MR) is 50.4 cm³/mol. The number of halogens is 2. The number of hydrogen-bond acceptors (Lipinski definition) is 3. The molecule has 0 amide bonds. The number of hydrogen-bond donors (Lipinski definition) is 0. The van der Waals surface area contributed by atoms with Gasteiger partial charge in [-0.3, -0.25) is 8.37 Å². The summed E-state index contributed by atoms with van der Waals surface area (Å²) in [6, 6.07) is 0. The Morgan fingerprint density at radius 2 is 1.43 bits per heavy atom. The fourth-order valence-electron chi connectivity index (χ4n) is 0.528. The first-order chi connectivity index (χ1) is 6.60. The van der Waals surface area contributed by atoms with Crippen LogP contribution in [-0.4, -0.2) is 29.8 Å². The van der Waals surface area contributed by atoms with E-state index < -0.39 is 23.7 Å². The largest absolute Gasteiger partial charge is 0.304 e. The highest BCUT2D eigenvalue weighted by Gasteiger charge is 2.10. The second-order valence-electron chi connectivity index (χ2n) is 2.78. The van der Waals surface area contributed by atoms with E-state index in [1.807, 2.05) is 0 Å². The zero-order valence-corrected chi connectivity index (χ0v) is 9.19. The molecule has 0 aliphatic heterocycles. The Morgan fingerprint density at radius 3 is 1.71 bits per heavy atom. The Bertz CT molecular complexity index is 153. The van der Waals surface area contributed by atoms with E-state index in [1.54, 1.807) is 13.8 Å². The quantitative estimate of drug-likeness (QED) is 0.640. The maximum absolute atomic E-state index is 12.6. The first kappa shape index (κ1) is 13.9. The normalized spacial score (nSPS) is 17.7. The van der Waals surface area contributed by atoms with Crippen LogP contribution in [0, 0.1) is 0 Å². The van der Waals surface area contributed by atoms with Gasteiger partial charge in [-0.1, -0.05) is 13.8 Å². The smallest absolute Gasteiger partial charge is 0.265 e. The summed E-state index contributed by atoms with van der Waals surface area (Å²) in [6.45, 7) is 2.72. The van der Waals surface area contributed by atoms with Crippen LogP contribution < -0.4 is 0 Å². The molecule has 0 spiro atoms. The monoisotopic (exact) mass is 230 g/mol. The van der Waals surface area contributed by atoms with Crippen LogP contribution in [0.5, 0.6) is 0 Å². The van der Waals surface area contributed by atoms with Crippen molar-refractivity contribution in [2.45, 2.75) is 39.0 Å². The third kappa shape index (κ3) is 7.34. The summed E-state index contributed by atoms with van der Waals surface area (Å²) in [6.07, 6.45) is -1.74. The van der Waals surface area contributed by atoms with E-state index in [0.717, 1.165) is 0 Å². The van der Waals surface area contributed by atoms with E-state index in [9.17, 15) is 13.0 Å². The molecule has 0 aromatic carbocycles. The van der Waals surface area contributed by atoms with Crippen molar-refractivity contribution in [2.24, 2.45) is 0 Å². The Morgan fingerprint density at radius 1 is 1.07 bits per heavy atom. The van der Waals surface area contributed by atoms with Gasteiger partial charge in [-0.25, -0.2) is 8.78 Å². The van der Waals surface area contributed by atoms with Crippen molar-refractivity contribution in [3.8, 4) is 0 Å². The van der Waals surface area contributed by atoms with Gasteiger partial charge in [0.1, 0.15) is 12.3 Å². The van der Waals surface area contributed by atoms with Crippen molar-refractivity contribution >= 4 is 11.4 Å². The maximum atomic E-state index is 12.6. The summed E-state index contributed by atoms with van der Waals surface area (Å²) in [5.41, 5.74) is 0. The molecule has 0 aromatic rings. The molecule has 3 nitrogen and oxygen atoms in total. The van der Waals surface area contributed by atoms with E-state index in [0.29, 0.717) is 0 Å². The van der Waals surface area contributed by atoms with Gasteiger partial charge >= 0.3 is 11.4 Å². The highest BCUT2D eigenvalue weighted by atomic mass is 32.2. The number of alkyl halides is 2. The molecule has 0 aromatic heterocycles. The van der Waals surface area contributed by atoms with E-state index in [-0.39, 0.29) is 26.1 Å². The molecule has 2 atom stereocenters. The van der Waals surface area contributed by atoms with Gasteiger partial charge in [0, 0.05) is 0 Å². The third-order valence-electron chi connectivity index (χ3n) is 1.58. The van der Waals surface area contributed by atoms with Gasteiger partial charge in [0.15, 0.2) is 0 Å². The van der Waals surface area contributed by atoms with Crippen LogP contribution in [0.25, 0.3) is 0 Å². The SMILES string of the molecule is CCC(F)COS(=O)OCC(F)CC. The van der Waals surface area contributed by atoms with Gasteiger partial charge in [0.25, 0.3) is 0 Å². The van der Waals surface area contributed by atoms with Gasteiger partial charge in [-0.15, -0.1) is 0 Å². The molecule has 0 N–H and O–H groups in total.